The fourth-order valence-corrected chi connectivity index (χ4v) is 3.32. The standard InChI is InChI=1S/C20H20F3N5/c21-20(22,23)17-12-25-19(27-16-6-3-9-24-11-16)28-18(17)26-15-8-7-13-4-1-2-5-14(13)10-15/h1-2,4-5,7-8,10,12,16,24H,3,6,9,11H2,(H2,25,26,27,28)/t16-/m0/s1. The molecule has 1 atom stereocenters. The average molecular weight is 387 g/mol. The molecule has 4 rings (SSSR count). The molecule has 0 bridgehead atoms. The molecule has 1 aliphatic heterocycles. The molecule has 1 fully saturated rings. The number of aromatic nitrogens is 2. The van der Waals surface area contributed by atoms with Crippen molar-refractivity contribution >= 4 is 28.2 Å². The number of alkyl halides is 3. The number of fused-ring (bicyclic) bond motifs is 1. The van der Waals surface area contributed by atoms with Gasteiger partial charge < -0.3 is 16.0 Å². The minimum Gasteiger partial charge on any atom is -0.350 e. The molecule has 0 saturated carbocycles. The van der Waals surface area contributed by atoms with E-state index in [0.29, 0.717) is 5.69 Å². The van der Waals surface area contributed by atoms with Crippen LogP contribution in [0.1, 0.15) is 18.4 Å². The number of piperidine rings is 1. The van der Waals surface area contributed by atoms with E-state index in [1.165, 1.54) is 0 Å². The van der Waals surface area contributed by atoms with Crippen LogP contribution in [0.4, 0.5) is 30.6 Å². The number of halogens is 3. The van der Waals surface area contributed by atoms with Crippen molar-refractivity contribution in [2.45, 2.75) is 25.1 Å². The zero-order valence-corrected chi connectivity index (χ0v) is 15.1. The number of rotatable bonds is 4. The molecule has 0 radical (unpaired) electrons. The SMILES string of the molecule is FC(F)(F)c1cnc(N[C@H]2CCCNC2)nc1Nc1ccc2ccccc2c1. The van der Waals surface area contributed by atoms with E-state index in [0.717, 1.165) is 42.9 Å². The quantitative estimate of drug-likeness (QED) is 0.613. The Morgan fingerprint density at radius 3 is 2.64 bits per heavy atom. The first-order valence-corrected chi connectivity index (χ1v) is 9.16. The van der Waals surface area contributed by atoms with Gasteiger partial charge in [0.2, 0.25) is 5.95 Å². The smallest absolute Gasteiger partial charge is 0.350 e. The van der Waals surface area contributed by atoms with E-state index in [1.54, 1.807) is 12.1 Å². The third-order valence-electron chi connectivity index (χ3n) is 4.74. The van der Waals surface area contributed by atoms with E-state index in [-0.39, 0.29) is 17.8 Å². The highest BCUT2D eigenvalue weighted by Gasteiger charge is 2.35. The highest BCUT2D eigenvalue weighted by molar-refractivity contribution is 5.86. The van der Waals surface area contributed by atoms with Crippen molar-refractivity contribution in [2.75, 3.05) is 23.7 Å². The van der Waals surface area contributed by atoms with Crippen molar-refractivity contribution in [3.05, 3.63) is 54.2 Å². The lowest BCUT2D eigenvalue weighted by atomic mass is 10.1. The van der Waals surface area contributed by atoms with Crippen molar-refractivity contribution in [1.82, 2.24) is 15.3 Å². The minimum atomic E-state index is -4.55. The van der Waals surface area contributed by atoms with Crippen LogP contribution >= 0.6 is 0 Å². The average Bonchev–Trinajstić information content (AvgIpc) is 2.68. The maximum atomic E-state index is 13.4. The van der Waals surface area contributed by atoms with Gasteiger partial charge in [-0.3, -0.25) is 0 Å². The second kappa shape index (κ2) is 7.63. The van der Waals surface area contributed by atoms with Gasteiger partial charge in [-0.1, -0.05) is 30.3 Å². The Bertz CT molecular complexity index is 967. The van der Waals surface area contributed by atoms with Crippen molar-refractivity contribution in [2.24, 2.45) is 0 Å². The molecule has 0 unspecified atom stereocenters. The van der Waals surface area contributed by atoms with E-state index in [4.69, 9.17) is 0 Å². The van der Waals surface area contributed by atoms with Crippen LogP contribution in [-0.4, -0.2) is 29.1 Å². The van der Waals surface area contributed by atoms with E-state index in [1.807, 2.05) is 30.3 Å². The molecule has 3 N–H and O–H groups in total. The summed E-state index contributed by atoms with van der Waals surface area (Å²) in [6, 6.07) is 13.2. The van der Waals surface area contributed by atoms with Gasteiger partial charge in [0.05, 0.1) is 0 Å². The summed E-state index contributed by atoms with van der Waals surface area (Å²) in [6.07, 6.45) is -1.80. The second-order valence-corrected chi connectivity index (χ2v) is 6.83. The molecule has 8 heteroatoms. The Labute approximate surface area is 160 Å². The van der Waals surface area contributed by atoms with Gasteiger partial charge in [0, 0.05) is 24.5 Å². The molecule has 1 aliphatic rings. The lowest BCUT2D eigenvalue weighted by Gasteiger charge is -2.24. The van der Waals surface area contributed by atoms with Crippen LogP contribution in [0.25, 0.3) is 10.8 Å². The molecule has 3 aromatic rings. The van der Waals surface area contributed by atoms with Gasteiger partial charge in [-0.25, -0.2) is 4.98 Å². The number of hydrogen-bond donors (Lipinski definition) is 3. The molecule has 1 saturated heterocycles. The fraction of sp³-hybridized carbons (Fsp3) is 0.300. The maximum absolute atomic E-state index is 13.4. The molecular formula is C20H20F3N5. The lowest BCUT2D eigenvalue weighted by molar-refractivity contribution is -0.137. The molecule has 28 heavy (non-hydrogen) atoms. The summed E-state index contributed by atoms with van der Waals surface area (Å²) in [6.45, 7) is 1.68. The lowest BCUT2D eigenvalue weighted by Crippen LogP contribution is -2.38. The monoisotopic (exact) mass is 387 g/mol. The molecule has 1 aromatic heterocycles. The number of hydrogen-bond acceptors (Lipinski definition) is 5. The van der Waals surface area contributed by atoms with Crippen LogP contribution in [0, 0.1) is 0 Å². The summed E-state index contributed by atoms with van der Waals surface area (Å²) < 4.78 is 40.3. The van der Waals surface area contributed by atoms with E-state index in [9.17, 15) is 13.2 Å². The van der Waals surface area contributed by atoms with Crippen LogP contribution in [0.2, 0.25) is 0 Å². The summed E-state index contributed by atoms with van der Waals surface area (Å²) in [4.78, 5) is 8.01. The highest BCUT2D eigenvalue weighted by Crippen LogP contribution is 2.35. The third-order valence-corrected chi connectivity index (χ3v) is 4.74. The summed E-state index contributed by atoms with van der Waals surface area (Å²) in [5.41, 5.74) is -0.360. The highest BCUT2D eigenvalue weighted by atomic mass is 19.4. The number of anilines is 3. The van der Waals surface area contributed by atoms with Crippen LogP contribution < -0.4 is 16.0 Å². The van der Waals surface area contributed by atoms with Crippen LogP contribution in [0.15, 0.2) is 48.7 Å². The van der Waals surface area contributed by atoms with Gasteiger partial charge in [0.1, 0.15) is 11.4 Å². The van der Waals surface area contributed by atoms with Crippen molar-refractivity contribution in [3.63, 3.8) is 0 Å². The molecule has 2 aromatic carbocycles. The molecule has 0 aliphatic carbocycles. The van der Waals surface area contributed by atoms with Gasteiger partial charge in [0.25, 0.3) is 0 Å². The van der Waals surface area contributed by atoms with E-state index in [2.05, 4.69) is 25.9 Å². The summed E-state index contributed by atoms with van der Waals surface area (Å²) in [7, 11) is 0. The summed E-state index contributed by atoms with van der Waals surface area (Å²) >= 11 is 0. The first kappa shape index (κ1) is 18.5. The molecule has 5 nitrogen and oxygen atoms in total. The van der Waals surface area contributed by atoms with Gasteiger partial charge in [0.15, 0.2) is 0 Å². The van der Waals surface area contributed by atoms with E-state index >= 15 is 0 Å². The molecule has 0 amide bonds. The van der Waals surface area contributed by atoms with Crippen molar-refractivity contribution < 1.29 is 13.2 Å². The Kier molecular flexibility index (Phi) is 5.04. The fourth-order valence-electron chi connectivity index (χ4n) is 3.32. The van der Waals surface area contributed by atoms with Gasteiger partial charge in [-0.05, 0) is 42.3 Å². The van der Waals surface area contributed by atoms with Crippen molar-refractivity contribution in [3.8, 4) is 0 Å². The Balaban J connectivity index is 1.64. The Hall–Kier alpha value is -2.87. The Morgan fingerprint density at radius 1 is 1.07 bits per heavy atom. The predicted octanol–water partition coefficient (Wildman–Crippen LogP) is 4.56. The van der Waals surface area contributed by atoms with Gasteiger partial charge >= 0.3 is 6.18 Å². The first-order valence-electron chi connectivity index (χ1n) is 9.16. The first-order chi connectivity index (χ1) is 13.5. The minimum absolute atomic E-state index is 0.0963. The number of benzene rings is 2. The van der Waals surface area contributed by atoms with Gasteiger partial charge in [-0.15, -0.1) is 0 Å². The van der Waals surface area contributed by atoms with Crippen LogP contribution in [0.5, 0.6) is 0 Å². The molecule has 146 valence electrons. The van der Waals surface area contributed by atoms with Crippen LogP contribution in [-0.2, 0) is 6.18 Å². The molecular weight excluding hydrogens is 367 g/mol. The zero-order chi connectivity index (χ0) is 19.6. The molecule has 0 spiro atoms. The summed E-state index contributed by atoms with van der Waals surface area (Å²) in [5.74, 6) is -0.0750. The van der Waals surface area contributed by atoms with E-state index < -0.39 is 11.7 Å². The Morgan fingerprint density at radius 2 is 1.89 bits per heavy atom. The van der Waals surface area contributed by atoms with Gasteiger partial charge in [-0.2, -0.15) is 18.2 Å². The molecule has 2 heterocycles. The third kappa shape index (κ3) is 4.17. The maximum Gasteiger partial charge on any atom is 0.421 e. The van der Waals surface area contributed by atoms with Crippen LogP contribution in [0.3, 0.4) is 0 Å². The second-order valence-electron chi connectivity index (χ2n) is 6.83. The van der Waals surface area contributed by atoms with Crippen molar-refractivity contribution in [1.29, 1.82) is 0 Å². The largest absolute Gasteiger partial charge is 0.421 e. The predicted molar refractivity (Wildman–Crippen MR) is 104 cm³/mol. The number of nitrogens with zero attached hydrogens (tertiary/aromatic N) is 2. The number of nitrogens with one attached hydrogen (secondary N) is 3. The normalized spacial score (nSPS) is 17.5. The summed E-state index contributed by atoms with van der Waals surface area (Å²) in [5, 5.41) is 11.1. The zero-order valence-electron chi connectivity index (χ0n) is 15.1. The topological polar surface area (TPSA) is 61.9 Å².